The number of benzene rings is 5. The average molecular weight is 487 g/mol. The summed E-state index contributed by atoms with van der Waals surface area (Å²) < 4.78 is 1.10. The number of fused-ring (bicyclic) bond motifs is 3. The van der Waals surface area contributed by atoms with E-state index in [-0.39, 0.29) is 0 Å². The lowest BCUT2D eigenvalue weighted by Crippen LogP contribution is -2.29. The molecule has 0 amide bonds. The van der Waals surface area contributed by atoms with Crippen LogP contribution in [-0.2, 0) is 5.41 Å². The Bertz CT molecular complexity index is 1410. The SMILES string of the molecule is Cc1ccc(-c2cc(Br)cc3c2C(c2ccccc2)(c2ccccc2)c2ccccc2-3)cc1. The number of aryl methyl sites for hydroxylation is 1. The zero-order chi connectivity index (χ0) is 22.4. The molecule has 0 bridgehead atoms. The Labute approximate surface area is 203 Å². The van der Waals surface area contributed by atoms with Gasteiger partial charge in [-0.25, -0.2) is 0 Å². The molecule has 0 fully saturated rings. The number of hydrogen-bond acceptors (Lipinski definition) is 0. The zero-order valence-electron chi connectivity index (χ0n) is 18.4. The first-order chi connectivity index (χ1) is 16.2. The van der Waals surface area contributed by atoms with Gasteiger partial charge in [-0.3, -0.25) is 0 Å². The van der Waals surface area contributed by atoms with Crippen molar-refractivity contribution in [1.82, 2.24) is 0 Å². The van der Waals surface area contributed by atoms with Gasteiger partial charge in [-0.05, 0) is 63.6 Å². The van der Waals surface area contributed by atoms with Gasteiger partial charge in [0, 0.05) is 4.47 Å². The summed E-state index contributed by atoms with van der Waals surface area (Å²) in [6.45, 7) is 2.14. The Hall–Kier alpha value is -3.42. The molecule has 5 aromatic rings. The molecule has 0 N–H and O–H groups in total. The van der Waals surface area contributed by atoms with Crippen molar-refractivity contribution in [3.05, 3.63) is 154 Å². The Morgan fingerprint density at radius 3 is 1.73 bits per heavy atom. The molecule has 0 saturated carbocycles. The summed E-state index contributed by atoms with van der Waals surface area (Å²) >= 11 is 3.83. The van der Waals surface area contributed by atoms with Crippen molar-refractivity contribution in [3.63, 3.8) is 0 Å². The van der Waals surface area contributed by atoms with Crippen LogP contribution in [0.3, 0.4) is 0 Å². The van der Waals surface area contributed by atoms with E-state index in [0.29, 0.717) is 0 Å². The maximum Gasteiger partial charge on any atom is 0.0719 e. The molecule has 1 aliphatic carbocycles. The highest BCUT2D eigenvalue weighted by Crippen LogP contribution is 2.59. The van der Waals surface area contributed by atoms with Crippen molar-refractivity contribution in [2.45, 2.75) is 12.3 Å². The standard InChI is InChI=1S/C32H23Br/c1-22-16-18-23(19-17-22)28-20-26(33)21-29-27-14-8-9-15-30(27)32(31(28)29,24-10-4-2-5-11-24)25-12-6-3-7-13-25/h2-21H,1H3. The Kier molecular flexibility index (Phi) is 4.81. The van der Waals surface area contributed by atoms with E-state index in [1.165, 1.54) is 50.1 Å². The fraction of sp³-hybridized carbons (Fsp3) is 0.0625. The lowest BCUT2D eigenvalue weighted by molar-refractivity contribution is 0.770. The van der Waals surface area contributed by atoms with E-state index in [1.54, 1.807) is 0 Å². The predicted molar refractivity (Wildman–Crippen MR) is 142 cm³/mol. The van der Waals surface area contributed by atoms with Crippen LogP contribution >= 0.6 is 15.9 Å². The molecule has 1 heteroatoms. The summed E-state index contributed by atoms with van der Waals surface area (Å²) in [6, 6.07) is 44.3. The maximum atomic E-state index is 3.83. The van der Waals surface area contributed by atoms with Gasteiger partial charge in [0.05, 0.1) is 5.41 Å². The van der Waals surface area contributed by atoms with E-state index < -0.39 is 5.41 Å². The van der Waals surface area contributed by atoms with E-state index >= 15 is 0 Å². The number of halogens is 1. The summed E-state index contributed by atoms with van der Waals surface area (Å²) in [6.07, 6.45) is 0. The molecule has 0 atom stereocenters. The first-order valence-corrected chi connectivity index (χ1v) is 12.1. The lowest BCUT2D eigenvalue weighted by Gasteiger charge is -2.35. The van der Waals surface area contributed by atoms with Crippen LogP contribution in [0.1, 0.15) is 27.8 Å². The van der Waals surface area contributed by atoms with Gasteiger partial charge < -0.3 is 0 Å². The summed E-state index contributed by atoms with van der Waals surface area (Å²) in [7, 11) is 0. The number of rotatable bonds is 3. The second-order valence-corrected chi connectivity index (χ2v) is 9.69. The molecule has 0 radical (unpaired) electrons. The van der Waals surface area contributed by atoms with Crippen LogP contribution in [0.25, 0.3) is 22.3 Å². The van der Waals surface area contributed by atoms with Crippen LogP contribution in [0, 0.1) is 6.92 Å². The smallest absolute Gasteiger partial charge is 0.0622 e. The molecular formula is C32H23Br. The topological polar surface area (TPSA) is 0 Å². The molecule has 0 aliphatic heterocycles. The van der Waals surface area contributed by atoms with Crippen LogP contribution in [0.5, 0.6) is 0 Å². The Morgan fingerprint density at radius 2 is 1.09 bits per heavy atom. The minimum absolute atomic E-state index is 0.393. The molecular weight excluding hydrogens is 464 g/mol. The van der Waals surface area contributed by atoms with E-state index in [0.717, 1.165) is 4.47 Å². The highest BCUT2D eigenvalue weighted by atomic mass is 79.9. The zero-order valence-corrected chi connectivity index (χ0v) is 20.0. The van der Waals surface area contributed by atoms with Gasteiger partial charge in [0.2, 0.25) is 0 Å². The molecule has 0 heterocycles. The third-order valence-corrected chi connectivity index (χ3v) is 7.33. The Balaban J connectivity index is 1.82. The number of hydrogen-bond donors (Lipinski definition) is 0. The van der Waals surface area contributed by atoms with Crippen molar-refractivity contribution in [3.8, 4) is 22.3 Å². The lowest BCUT2D eigenvalue weighted by atomic mass is 9.66. The molecule has 6 rings (SSSR count). The molecule has 5 aromatic carbocycles. The third kappa shape index (κ3) is 3.03. The fourth-order valence-corrected chi connectivity index (χ4v) is 5.96. The quantitative estimate of drug-likeness (QED) is 0.234. The highest BCUT2D eigenvalue weighted by molar-refractivity contribution is 9.10. The first kappa shape index (κ1) is 20.2. The Morgan fingerprint density at radius 1 is 0.545 bits per heavy atom. The minimum atomic E-state index is -0.393. The maximum absolute atomic E-state index is 3.83. The first-order valence-electron chi connectivity index (χ1n) is 11.3. The highest BCUT2D eigenvalue weighted by Gasteiger charge is 2.47. The minimum Gasteiger partial charge on any atom is -0.0622 e. The van der Waals surface area contributed by atoms with E-state index in [4.69, 9.17) is 0 Å². The molecule has 0 spiro atoms. The van der Waals surface area contributed by atoms with Crippen LogP contribution < -0.4 is 0 Å². The van der Waals surface area contributed by atoms with E-state index in [2.05, 4.69) is 144 Å². The monoisotopic (exact) mass is 486 g/mol. The van der Waals surface area contributed by atoms with E-state index in [1.807, 2.05) is 0 Å². The molecule has 158 valence electrons. The predicted octanol–water partition coefficient (Wildman–Crippen LogP) is 8.79. The molecule has 0 nitrogen and oxygen atoms in total. The molecule has 33 heavy (non-hydrogen) atoms. The molecule has 0 saturated heterocycles. The van der Waals surface area contributed by atoms with Crippen LogP contribution in [0.15, 0.2) is 126 Å². The van der Waals surface area contributed by atoms with Crippen molar-refractivity contribution in [2.75, 3.05) is 0 Å². The average Bonchev–Trinajstić information content (AvgIpc) is 3.16. The second kappa shape index (κ2) is 7.86. The van der Waals surface area contributed by atoms with Crippen LogP contribution in [0.4, 0.5) is 0 Å². The van der Waals surface area contributed by atoms with E-state index in [9.17, 15) is 0 Å². The molecule has 1 aliphatic rings. The van der Waals surface area contributed by atoms with Gasteiger partial charge in [0.25, 0.3) is 0 Å². The van der Waals surface area contributed by atoms with Crippen molar-refractivity contribution in [2.24, 2.45) is 0 Å². The van der Waals surface area contributed by atoms with Gasteiger partial charge >= 0.3 is 0 Å². The summed E-state index contributed by atoms with van der Waals surface area (Å²) in [4.78, 5) is 0. The van der Waals surface area contributed by atoms with Gasteiger partial charge in [-0.15, -0.1) is 0 Å². The second-order valence-electron chi connectivity index (χ2n) is 8.77. The van der Waals surface area contributed by atoms with Gasteiger partial charge in [0.1, 0.15) is 0 Å². The van der Waals surface area contributed by atoms with Crippen LogP contribution in [-0.4, -0.2) is 0 Å². The normalized spacial score (nSPS) is 13.4. The van der Waals surface area contributed by atoms with Gasteiger partial charge in [0.15, 0.2) is 0 Å². The summed E-state index contributed by atoms with van der Waals surface area (Å²) in [5.41, 5.74) is 11.2. The third-order valence-electron chi connectivity index (χ3n) is 6.88. The van der Waals surface area contributed by atoms with Gasteiger partial charge in [-0.1, -0.05) is 131 Å². The summed E-state index contributed by atoms with van der Waals surface area (Å²) in [5.74, 6) is 0. The molecule has 0 aromatic heterocycles. The largest absolute Gasteiger partial charge is 0.0719 e. The van der Waals surface area contributed by atoms with Crippen molar-refractivity contribution < 1.29 is 0 Å². The fourth-order valence-electron chi connectivity index (χ4n) is 5.51. The molecule has 0 unspecified atom stereocenters. The van der Waals surface area contributed by atoms with Crippen LogP contribution in [0.2, 0.25) is 0 Å². The van der Waals surface area contributed by atoms with Crippen molar-refractivity contribution in [1.29, 1.82) is 0 Å². The van der Waals surface area contributed by atoms with Gasteiger partial charge in [-0.2, -0.15) is 0 Å². The van der Waals surface area contributed by atoms with Crippen molar-refractivity contribution >= 4 is 15.9 Å². The summed E-state index contributed by atoms with van der Waals surface area (Å²) in [5, 5.41) is 0.